The number of anilines is 1. The first kappa shape index (κ1) is 24.3. The molecule has 13 heteroatoms. The lowest BCUT2D eigenvalue weighted by molar-refractivity contribution is -0.393. The molecule has 0 radical (unpaired) electrons. The Hall–Kier alpha value is -3.35. The van der Waals surface area contributed by atoms with Crippen molar-refractivity contribution in [1.29, 1.82) is 0 Å². The molecular weight excluding hydrogens is 492 g/mol. The Kier molecular flexibility index (Phi) is 7.74. The van der Waals surface area contributed by atoms with E-state index >= 15 is 0 Å². The van der Waals surface area contributed by atoms with E-state index < -0.39 is 27.1 Å². The van der Waals surface area contributed by atoms with Crippen molar-refractivity contribution >= 4 is 74.9 Å². The molecule has 0 atom stereocenters. The number of benzene rings is 2. The molecule has 2 aromatic rings. The van der Waals surface area contributed by atoms with Gasteiger partial charge in [0.15, 0.2) is 0 Å². The summed E-state index contributed by atoms with van der Waals surface area (Å²) in [5.74, 6) is -0.833. The molecule has 10 nitrogen and oxygen atoms in total. The van der Waals surface area contributed by atoms with Crippen LogP contribution in [0.25, 0.3) is 6.08 Å². The second-order valence-electron chi connectivity index (χ2n) is 6.72. The van der Waals surface area contributed by atoms with Crippen molar-refractivity contribution in [2.24, 2.45) is 0 Å². The predicted octanol–water partition coefficient (Wildman–Crippen LogP) is 4.78. The lowest BCUT2D eigenvalue weighted by Crippen LogP contribution is -2.29. The van der Waals surface area contributed by atoms with E-state index in [0.29, 0.717) is 19.8 Å². The van der Waals surface area contributed by atoms with Gasteiger partial charge in [-0.1, -0.05) is 53.8 Å². The summed E-state index contributed by atoms with van der Waals surface area (Å²) in [6.07, 6.45) is 1.86. The smallest absolute Gasteiger partial charge is 0.299 e. The minimum atomic E-state index is -0.811. The average molecular weight is 507 g/mol. The maximum atomic E-state index is 12.7. The molecule has 1 fully saturated rings. The molecule has 2 aromatic carbocycles. The van der Waals surface area contributed by atoms with E-state index in [4.69, 9.17) is 23.8 Å². The van der Waals surface area contributed by atoms with Crippen molar-refractivity contribution in [1.82, 2.24) is 4.90 Å². The number of non-ortho nitro benzene ring substituents is 1. The first-order valence-electron chi connectivity index (χ1n) is 9.40. The van der Waals surface area contributed by atoms with Gasteiger partial charge in [-0.2, -0.15) is 0 Å². The summed E-state index contributed by atoms with van der Waals surface area (Å²) in [5.41, 5.74) is -0.509. The van der Waals surface area contributed by atoms with Gasteiger partial charge in [-0.25, -0.2) is 0 Å². The molecule has 1 saturated heterocycles. The van der Waals surface area contributed by atoms with Gasteiger partial charge in [-0.05, 0) is 30.2 Å². The number of carbonyl (C=O) groups is 2. The van der Waals surface area contributed by atoms with Crippen molar-refractivity contribution in [3.05, 3.63) is 78.2 Å². The van der Waals surface area contributed by atoms with Crippen LogP contribution in [-0.2, 0) is 9.59 Å². The highest BCUT2D eigenvalue weighted by atomic mass is 35.5. The standard InChI is InChI=1S/C20H15ClN4O6S2/c21-14-5-2-1-4-12(14)10-17-19(27)23(20(32)33-17)9-3-6-18(26)22-15-8-7-13(24(28)29)11-16(15)25(30)31/h1-2,4-5,7-8,10-11H,3,6,9H2,(H,22,26)/b17-10+. The van der Waals surface area contributed by atoms with Gasteiger partial charge in [0.1, 0.15) is 10.0 Å². The van der Waals surface area contributed by atoms with Crippen molar-refractivity contribution < 1.29 is 19.4 Å². The van der Waals surface area contributed by atoms with E-state index in [2.05, 4.69) is 5.32 Å². The predicted molar refractivity (Wildman–Crippen MR) is 129 cm³/mol. The number of thioether (sulfide) groups is 1. The summed E-state index contributed by atoms with van der Waals surface area (Å²) in [6, 6.07) is 10.0. The molecule has 2 amide bonds. The molecule has 1 heterocycles. The van der Waals surface area contributed by atoms with Crippen LogP contribution in [0.2, 0.25) is 5.02 Å². The first-order valence-corrected chi connectivity index (χ1v) is 11.0. The van der Waals surface area contributed by atoms with Gasteiger partial charge < -0.3 is 5.32 Å². The molecule has 3 rings (SSSR count). The molecule has 0 bridgehead atoms. The molecule has 1 aliphatic rings. The highest BCUT2D eigenvalue weighted by Gasteiger charge is 2.32. The van der Waals surface area contributed by atoms with E-state index in [0.717, 1.165) is 30.0 Å². The Balaban J connectivity index is 1.59. The summed E-state index contributed by atoms with van der Waals surface area (Å²) < 4.78 is 0.352. The van der Waals surface area contributed by atoms with Gasteiger partial charge in [-0.15, -0.1) is 0 Å². The average Bonchev–Trinajstić information content (AvgIpc) is 3.02. The Morgan fingerprint density at radius 3 is 2.58 bits per heavy atom. The highest BCUT2D eigenvalue weighted by molar-refractivity contribution is 8.26. The fourth-order valence-corrected chi connectivity index (χ4v) is 4.42. The minimum absolute atomic E-state index is 0.0469. The van der Waals surface area contributed by atoms with Crippen LogP contribution in [0.5, 0.6) is 0 Å². The Bertz CT molecular complexity index is 1200. The third kappa shape index (κ3) is 5.92. The van der Waals surface area contributed by atoms with Gasteiger partial charge in [0.05, 0.1) is 20.8 Å². The maximum Gasteiger partial charge on any atom is 0.299 e. The van der Waals surface area contributed by atoms with Crippen molar-refractivity contribution in [2.45, 2.75) is 12.8 Å². The molecule has 1 aliphatic heterocycles. The van der Waals surface area contributed by atoms with Crippen LogP contribution >= 0.6 is 35.6 Å². The van der Waals surface area contributed by atoms with Crippen molar-refractivity contribution in [3.63, 3.8) is 0 Å². The normalized spacial score (nSPS) is 14.6. The highest BCUT2D eigenvalue weighted by Crippen LogP contribution is 2.34. The molecule has 1 N–H and O–H groups in total. The van der Waals surface area contributed by atoms with Crippen LogP contribution < -0.4 is 5.32 Å². The van der Waals surface area contributed by atoms with Crippen LogP contribution in [0, 0.1) is 20.2 Å². The number of halogens is 1. The van der Waals surface area contributed by atoms with Gasteiger partial charge in [0, 0.05) is 24.1 Å². The number of nitro groups is 2. The first-order chi connectivity index (χ1) is 15.7. The molecule has 0 spiro atoms. The third-order valence-electron chi connectivity index (χ3n) is 4.51. The zero-order chi connectivity index (χ0) is 24.1. The number of hydrogen-bond donors (Lipinski definition) is 1. The fourth-order valence-electron chi connectivity index (χ4n) is 2.93. The molecule has 0 aliphatic carbocycles. The quantitative estimate of drug-likeness (QED) is 0.234. The summed E-state index contributed by atoms with van der Waals surface area (Å²) in [5, 5.41) is 24.9. The number of nitrogens with zero attached hydrogens (tertiary/aromatic N) is 3. The number of hydrogen-bond acceptors (Lipinski definition) is 8. The molecule has 0 unspecified atom stereocenters. The van der Waals surface area contributed by atoms with Gasteiger partial charge >= 0.3 is 0 Å². The number of carbonyl (C=O) groups excluding carboxylic acids is 2. The van der Waals surface area contributed by atoms with E-state index in [1.165, 1.54) is 4.90 Å². The van der Waals surface area contributed by atoms with E-state index in [9.17, 15) is 29.8 Å². The van der Waals surface area contributed by atoms with Crippen LogP contribution in [-0.4, -0.2) is 37.4 Å². The third-order valence-corrected chi connectivity index (χ3v) is 6.24. The second kappa shape index (κ2) is 10.5. The summed E-state index contributed by atoms with van der Waals surface area (Å²) >= 11 is 12.5. The van der Waals surface area contributed by atoms with E-state index in [1.807, 2.05) is 0 Å². The van der Waals surface area contributed by atoms with Crippen LogP contribution in [0.3, 0.4) is 0 Å². The minimum Gasteiger partial charge on any atom is -0.320 e. The second-order valence-corrected chi connectivity index (χ2v) is 8.81. The lowest BCUT2D eigenvalue weighted by atomic mass is 10.2. The summed E-state index contributed by atoms with van der Waals surface area (Å²) in [6.45, 7) is 0.181. The topological polar surface area (TPSA) is 136 Å². The largest absolute Gasteiger partial charge is 0.320 e. The lowest BCUT2D eigenvalue weighted by Gasteiger charge is -2.14. The molecular formula is C20H15ClN4O6S2. The van der Waals surface area contributed by atoms with Crippen LogP contribution in [0.4, 0.5) is 17.1 Å². The van der Waals surface area contributed by atoms with Gasteiger partial charge in [0.2, 0.25) is 5.91 Å². The number of nitrogens with one attached hydrogen (secondary N) is 1. The van der Waals surface area contributed by atoms with Crippen LogP contribution in [0.15, 0.2) is 47.4 Å². The summed E-state index contributed by atoms with van der Waals surface area (Å²) in [4.78, 5) is 47.1. The fraction of sp³-hybridized carbons (Fsp3) is 0.150. The number of amides is 2. The van der Waals surface area contributed by atoms with Gasteiger partial charge in [-0.3, -0.25) is 34.7 Å². The number of thiocarbonyl (C=S) groups is 1. The number of rotatable bonds is 8. The van der Waals surface area contributed by atoms with Crippen molar-refractivity contribution in [2.75, 3.05) is 11.9 Å². The van der Waals surface area contributed by atoms with Gasteiger partial charge in [0.25, 0.3) is 17.3 Å². The Morgan fingerprint density at radius 2 is 1.91 bits per heavy atom. The monoisotopic (exact) mass is 506 g/mol. The molecule has 170 valence electrons. The number of nitro benzene ring substituents is 2. The van der Waals surface area contributed by atoms with E-state index in [1.54, 1.807) is 30.3 Å². The zero-order valence-electron chi connectivity index (χ0n) is 16.7. The zero-order valence-corrected chi connectivity index (χ0v) is 19.1. The Morgan fingerprint density at radius 1 is 1.18 bits per heavy atom. The van der Waals surface area contributed by atoms with Crippen molar-refractivity contribution in [3.8, 4) is 0 Å². The molecule has 0 aromatic heterocycles. The SMILES string of the molecule is O=C(CCCN1C(=O)/C(=C\c2ccccc2Cl)SC1=S)Nc1ccc([N+](=O)[O-])cc1[N+](=O)[O-]. The maximum absolute atomic E-state index is 12.7. The molecule has 0 saturated carbocycles. The summed E-state index contributed by atoms with van der Waals surface area (Å²) in [7, 11) is 0. The molecule has 33 heavy (non-hydrogen) atoms. The van der Waals surface area contributed by atoms with E-state index in [-0.39, 0.29) is 31.0 Å². The Labute approximate surface area is 201 Å². The van der Waals surface area contributed by atoms with Crippen LogP contribution in [0.1, 0.15) is 18.4 Å².